The van der Waals surface area contributed by atoms with Gasteiger partial charge in [-0.3, -0.25) is 9.36 Å². The number of alkyl halides is 3. The van der Waals surface area contributed by atoms with Crippen molar-refractivity contribution >= 4 is 10.0 Å². The van der Waals surface area contributed by atoms with Gasteiger partial charge >= 0.3 is 11.9 Å². The molecule has 1 aromatic carbocycles. The van der Waals surface area contributed by atoms with Crippen LogP contribution in [0.25, 0.3) is 0 Å². The Kier molecular flexibility index (Phi) is 4.91. The molecule has 0 amide bonds. The van der Waals surface area contributed by atoms with Crippen LogP contribution in [0.15, 0.2) is 44.9 Å². The van der Waals surface area contributed by atoms with Gasteiger partial charge in [0.1, 0.15) is 0 Å². The highest BCUT2D eigenvalue weighted by Gasteiger charge is 2.30. The molecule has 0 radical (unpaired) electrons. The van der Waals surface area contributed by atoms with Crippen LogP contribution in [0.2, 0.25) is 0 Å². The van der Waals surface area contributed by atoms with Gasteiger partial charge in [-0.15, -0.1) is 0 Å². The molecule has 136 valence electrons. The highest BCUT2D eigenvalue weighted by molar-refractivity contribution is 7.89. The summed E-state index contributed by atoms with van der Waals surface area (Å²) in [5.41, 5.74) is -2.58. The lowest BCUT2D eigenvalue weighted by atomic mass is 10.1. The fourth-order valence-corrected chi connectivity index (χ4v) is 3.25. The van der Waals surface area contributed by atoms with Gasteiger partial charge in [0.25, 0.3) is 5.56 Å². The number of nitrogens with zero attached hydrogens (tertiary/aromatic N) is 2. The predicted octanol–water partition coefficient (Wildman–Crippen LogP) is 0.581. The van der Waals surface area contributed by atoms with Crippen molar-refractivity contribution in [1.82, 2.24) is 13.9 Å². The molecule has 0 bridgehead atoms. The molecule has 2 aromatic rings. The van der Waals surface area contributed by atoms with E-state index in [9.17, 15) is 31.2 Å². The predicted molar refractivity (Wildman–Crippen MR) is 82.4 cm³/mol. The van der Waals surface area contributed by atoms with Crippen molar-refractivity contribution in [3.63, 3.8) is 0 Å². The van der Waals surface area contributed by atoms with Gasteiger partial charge in [-0.05, 0) is 11.6 Å². The fourth-order valence-electron chi connectivity index (χ4n) is 2.07. The van der Waals surface area contributed by atoms with Crippen LogP contribution in [-0.2, 0) is 36.8 Å². The molecule has 0 aliphatic heterocycles. The summed E-state index contributed by atoms with van der Waals surface area (Å²) in [6.45, 7) is -0.446. The third-order valence-corrected chi connectivity index (χ3v) is 4.81. The number of halogens is 3. The molecule has 25 heavy (non-hydrogen) atoms. The van der Waals surface area contributed by atoms with E-state index in [1.807, 2.05) is 0 Å². The number of nitrogens with one attached hydrogen (secondary N) is 1. The van der Waals surface area contributed by atoms with Crippen LogP contribution in [0, 0.1) is 0 Å². The second-order valence-electron chi connectivity index (χ2n) is 5.27. The summed E-state index contributed by atoms with van der Waals surface area (Å²) in [5.74, 6) is 0. The minimum absolute atomic E-state index is 0.0695. The molecule has 1 aromatic heterocycles. The zero-order chi connectivity index (χ0) is 19.0. The molecule has 1 heterocycles. The van der Waals surface area contributed by atoms with E-state index < -0.39 is 44.5 Å². The van der Waals surface area contributed by atoms with Crippen LogP contribution in [0.5, 0.6) is 0 Å². The Morgan fingerprint density at radius 1 is 1.16 bits per heavy atom. The molecule has 2 rings (SSSR count). The van der Waals surface area contributed by atoms with Crippen molar-refractivity contribution in [2.24, 2.45) is 14.1 Å². The minimum Gasteiger partial charge on any atom is -0.302 e. The van der Waals surface area contributed by atoms with Crippen LogP contribution in [-0.4, -0.2) is 17.6 Å². The normalized spacial score (nSPS) is 12.4. The Bertz CT molecular complexity index is 1020. The van der Waals surface area contributed by atoms with E-state index in [-0.39, 0.29) is 5.56 Å². The van der Waals surface area contributed by atoms with E-state index in [2.05, 4.69) is 4.72 Å². The number of benzene rings is 1. The number of hydrogen-bond acceptors (Lipinski definition) is 4. The summed E-state index contributed by atoms with van der Waals surface area (Å²) in [5, 5.41) is 0. The van der Waals surface area contributed by atoms with Crippen molar-refractivity contribution in [3.8, 4) is 0 Å². The molecular formula is C14H14F3N3O4S. The second-order valence-corrected chi connectivity index (χ2v) is 7.01. The van der Waals surface area contributed by atoms with Gasteiger partial charge in [0.05, 0.1) is 5.56 Å². The molecule has 0 atom stereocenters. The molecule has 0 saturated carbocycles. The maximum atomic E-state index is 12.7. The highest BCUT2D eigenvalue weighted by Crippen LogP contribution is 2.29. The Morgan fingerprint density at radius 2 is 1.80 bits per heavy atom. The van der Waals surface area contributed by atoms with E-state index in [4.69, 9.17) is 0 Å². The van der Waals surface area contributed by atoms with Crippen LogP contribution in [0.3, 0.4) is 0 Å². The van der Waals surface area contributed by atoms with E-state index in [1.54, 1.807) is 0 Å². The summed E-state index contributed by atoms with van der Waals surface area (Å²) >= 11 is 0. The SMILES string of the molecule is Cn1cc(S(=O)(=O)NCc2cccc(C(F)(F)F)c2)c(=O)n(C)c1=O. The zero-order valence-electron chi connectivity index (χ0n) is 13.2. The molecule has 0 fully saturated rings. The first kappa shape index (κ1) is 18.9. The second kappa shape index (κ2) is 6.48. The quantitative estimate of drug-likeness (QED) is 0.844. The van der Waals surface area contributed by atoms with Gasteiger partial charge in [0, 0.05) is 26.8 Å². The molecule has 11 heteroatoms. The third-order valence-electron chi connectivity index (χ3n) is 3.43. The molecule has 0 aliphatic carbocycles. The van der Waals surface area contributed by atoms with Crippen molar-refractivity contribution < 1.29 is 21.6 Å². The smallest absolute Gasteiger partial charge is 0.302 e. The Hall–Kier alpha value is -2.40. The lowest BCUT2D eigenvalue weighted by molar-refractivity contribution is -0.137. The van der Waals surface area contributed by atoms with Gasteiger partial charge in [-0.25, -0.2) is 17.9 Å². The first-order valence-corrected chi connectivity index (χ1v) is 8.34. The minimum atomic E-state index is -4.55. The fraction of sp³-hybridized carbons (Fsp3) is 0.286. The first-order chi connectivity index (χ1) is 11.4. The summed E-state index contributed by atoms with van der Waals surface area (Å²) in [4.78, 5) is 22.9. The molecular weight excluding hydrogens is 363 g/mol. The molecule has 1 N–H and O–H groups in total. The van der Waals surface area contributed by atoms with Crippen molar-refractivity contribution in [2.45, 2.75) is 17.6 Å². The average Bonchev–Trinajstić information content (AvgIpc) is 2.54. The van der Waals surface area contributed by atoms with E-state index in [0.717, 1.165) is 36.0 Å². The molecule has 0 spiro atoms. The van der Waals surface area contributed by atoms with Gasteiger partial charge in [-0.1, -0.05) is 18.2 Å². The number of rotatable bonds is 4. The zero-order valence-corrected chi connectivity index (χ0v) is 14.0. The van der Waals surface area contributed by atoms with Crippen molar-refractivity contribution in [2.75, 3.05) is 0 Å². The maximum absolute atomic E-state index is 12.7. The van der Waals surface area contributed by atoms with Crippen LogP contribution >= 0.6 is 0 Å². The Labute approximate surface area is 140 Å². The van der Waals surface area contributed by atoms with Gasteiger partial charge in [0.2, 0.25) is 10.0 Å². The van der Waals surface area contributed by atoms with Gasteiger partial charge < -0.3 is 4.57 Å². The van der Waals surface area contributed by atoms with Crippen molar-refractivity contribution in [3.05, 3.63) is 62.4 Å². The monoisotopic (exact) mass is 377 g/mol. The third kappa shape index (κ3) is 3.99. The average molecular weight is 377 g/mol. The summed E-state index contributed by atoms with van der Waals surface area (Å²) in [6.07, 6.45) is -3.69. The number of aromatic nitrogens is 2. The summed E-state index contributed by atoms with van der Waals surface area (Å²) in [7, 11) is -1.93. The van der Waals surface area contributed by atoms with Gasteiger partial charge in [0.15, 0.2) is 4.90 Å². The van der Waals surface area contributed by atoms with E-state index in [0.29, 0.717) is 4.57 Å². The summed E-state index contributed by atoms with van der Waals surface area (Å²) < 4.78 is 66.1. The molecule has 7 nitrogen and oxygen atoms in total. The van der Waals surface area contributed by atoms with Gasteiger partial charge in [-0.2, -0.15) is 13.2 Å². The Morgan fingerprint density at radius 3 is 2.40 bits per heavy atom. The lowest BCUT2D eigenvalue weighted by Crippen LogP contribution is -2.41. The summed E-state index contributed by atoms with van der Waals surface area (Å²) in [6, 6.07) is 4.14. The standard InChI is InChI=1S/C14H14F3N3O4S/c1-19-8-11(12(21)20(2)13(19)22)25(23,24)18-7-9-4-3-5-10(6-9)14(15,16)17/h3-6,8,18H,7H2,1-2H3. The van der Waals surface area contributed by atoms with Crippen LogP contribution in [0.4, 0.5) is 13.2 Å². The first-order valence-electron chi connectivity index (χ1n) is 6.86. The number of sulfonamides is 1. The molecule has 0 saturated heterocycles. The highest BCUT2D eigenvalue weighted by atomic mass is 32.2. The van der Waals surface area contributed by atoms with E-state index >= 15 is 0 Å². The lowest BCUT2D eigenvalue weighted by Gasteiger charge is -2.11. The largest absolute Gasteiger partial charge is 0.416 e. The number of aryl methyl sites for hydroxylation is 1. The maximum Gasteiger partial charge on any atom is 0.416 e. The van der Waals surface area contributed by atoms with Crippen LogP contribution < -0.4 is 16.0 Å². The topological polar surface area (TPSA) is 90.2 Å². The number of hydrogen-bond donors (Lipinski definition) is 1. The molecule has 0 unspecified atom stereocenters. The van der Waals surface area contributed by atoms with E-state index in [1.165, 1.54) is 13.1 Å². The van der Waals surface area contributed by atoms with Crippen LogP contribution in [0.1, 0.15) is 11.1 Å². The molecule has 0 aliphatic rings. The van der Waals surface area contributed by atoms with Crippen molar-refractivity contribution in [1.29, 1.82) is 0 Å². The Balaban J connectivity index is 2.33.